The van der Waals surface area contributed by atoms with Crippen molar-refractivity contribution in [3.05, 3.63) is 36.4 Å². The third-order valence-electron chi connectivity index (χ3n) is 6.27. The largest absolute Gasteiger partial charge is 0.457 e. The van der Waals surface area contributed by atoms with Gasteiger partial charge >= 0.3 is 14.1 Å². The molecule has 2 aliphatic rings. The number of nitrogens with one attached hydrogen (secondary N) is 2. The van der Waals surface area contributed by atoms with Crippen LogP contribution >= 0.6 is 0 Å². The lowest BCUT2D eigenvalue weighted by atomic mass is 9.42. The van der Waals surface area contributed by atoms with E-state index in [4.69, 9.17) is 9.31 Å². The van der Waals surface area contributed by atoms with Crippen LogP contribution in [0.4, 0.5) is 11.4 Å². The first kappa shape index (κ1) is 17.7. The zero-order valence-corrected chi connectivity index (χ0v) is 16.6. The third-order valence-corrected chi connectivity index (χ3v) is 6.27. The summed E-state index contributed by atoms with van der Waals surface area (Å²) in [4.78, 5) is 0. The maximum atomic E-state index is 6.40. The van der Waals surface area contributed by atoms with E-state index in [2.05, 4.69) is 88.4 Å². The Labute approximate surface area is 157 Å². The van der Waals surface area contributed by atoms with Gasteiger partial charge in [0.2, 0.25) is 0 Å². The molecule has 4 nitrogen and oxygen atoms in total. The maximum absolute atomic E-state index is 6.40. The van der Waals surface area contributed by atoms with Crippen LogP contribution in [0.5, 0.6) is 0 Å². The Kier molecular flexibility index (Phi) is 4.05. The zero-order chi connectivity index (χ0) is 18.7. The second-order valence-electron chi connectivity index (χ2n) is 8.92. The minimum Gasteiger partial charge on any atom is -0.409 e. The first-order valence-corrected chi connectivity index (χ1v) is 9.60. The lowest BCUT2D eigenvalue weighted by Crippen LogP contribution is -2.50. The van der Waals surface area contributed by atoms with Gasteiger partial charge in [0.1, 0.15) is 0 Å². The monoisotopic (exact) mass is 350 g/mol. The predicted octanol–water partition coefficient (Wildman–Crippen LogP) is 4.82. The summed E-state index contributed by atoms with van der Waals surface area (Å²) in [5.74, 6) is 0.388. The molecule has 1 fully saturated rings. The third kappa shape index (κ3) is 2.71. The van der Waals surface area contributed by atoms with Crippen LogP contribution in [0.2, 0.25) is 5.72 Å². The molecule has 0 bridgehead atoms. The second kappa shape index (κ2) is 5.93. The number of benzene rings is 2. The zero-order valence-electron chi connectivity index (χ0n) is 16.6. The van der Waals surface area contributed by atoms with E-state index in [0.29, 0.717) is 5.92 Å². The molecular weight excluding hydrogens is 322 g/mol. The van der Waals surface area contributed by atoms with Crippen molar-refractivity contribution < 1.29 is 9.31 Å². The molecule has 1 atom stereocenters. The molecule has 0 radical (unpaired) electrons. The predicted molar refractivity (Wildman–Crippen MR) is 112 cm³/mol. The van der Waals surface area contributed by atoms with Gasteiger partial charge in [0, 0.05) is 22.5 Å². The first-order chi connectivity index (χ1) is 12.2. The molecule has 1 saturated heterocycles. The molecule has 2 N–H and O–H groups in total. The van der Waals surface area contributed by atoms with Gasteiger partial charge in [-0.2, -0.15) is 0 Å². The molecular formula is C20H28B2N2O2. The van der Waals surface area contributed by atoms with E-state index in [1.807, 2.05) is 0 Å². The Morgan fingerprint density at radius 1 is 0.846 bits per heavy atom. The van der Waals surface area contributed by atoms with E-state index >= 15 is 0 Å². The van der Waals surface area contributed by atoms with Crippen LogP contribution in [0, 0.1) is 5.92 Å². The highest BCUT2D eigenvalue weighted by Gasteiger charge is 2.57. The molecule has 2 heterocycles. The molecule has 2 aliphatic heterocycles. The molecule has 136 valence electrons. The molecule has 1 unspecified atom stereocenters. The van der Waals surface area contributed by atoms with E-state index in [1.165, 1.54) is 22.1 Å². The van der Waals surface area contributed by atoms with Gasteiger partial charge in [-0.15, -0.1) is 0 Å². The van der Waals surface area contributed by atoms with Gasteiger partial charge < -0.3 is 19.8 Å². The van der Waals surface area contributed by atoms with E-state index in [-0.39, 0.29) is 31.0 Å². The summed E-state index contributed by atoms with van der Waals surface area (Å²) in [6.07, 6.45) is 0. The standard InChI is InChI=1S/C20H28B2N2O2/c1-13(2)18(22-25-19(3,4)20(5,6)26-22)21-23-15-11-7-9-14-10-8-12-16(24-21)17(14)15/h7-13,18,23-24H,1-6H3. The number of hydrogen-bond acceptors (Lipinski definition) is 4. The van der Waals surface area contributed by atoms with Crippen LogP contribution in [0.1, 0.15) is 41.5 Å². The Bertz CT molecular complexity index is 781. The summed E-state index contributed by atoms with van der Waals surface area (Å²) >= 11 is 0. The van der Waals surface area contributed by atoms with Gasteiger partial charge in [0.25, 0.3) is 0 Å². The first-order valence-electron chi connectivity index (χ1n) is 9.60. The van der Waals surface area contributed by atoms with Crippen LogP contribution in [-0.2, 0) is 9.31 Å². The Morgan fingerprint density at radius 3 is 1.81 bits per heavy atom. The fourth-order valence-electron chi connectivity index (χ4n) is 4.05. The van der Waals surface area contributed by atoms with Gasteiger partial charge in [-0.05, 0) is 51.1 Å². The molecule has 0 aromatic heterocycles. The van der Waals surface area contributed by atoms with Gasteiger partial charge in [0.05, 0.1) is 11.2 Å². The Morgan fingerprint density at radius 2 is 1.35 bits per heavy atom. The van der Waals surface area contributed by atoms with Crippen LogP contribution in [-0.4, -0.2) is 25.3 Å². The molecule has 6 heteroatoms. The minimum atomic E-state index is -0.322. The van der Waals surface area contributed by atoms with E-state index in [1.54, 1.807) is 0 Å². The van der Waals surface area contributed by atoms with E-state index in [0.717, 1.165) is 0 Å². The molecule has 0 amide bonds. The fourth-order valence-corrected chi connectivity index (χ4v) is 4.05. The molecule has 2 aromatic carbocycles. The lowest BCUT2D eigenvalue weighted by molar-refractivity contribution is 0.00578. The van der Waals surface area contributed by atoms with Gasteiger partial charge in [-0.3, -0.25) is 0 Å². The lowest BCUT2D eigenvalue weighted by Gasteiger charge is -2.34. The highest BCUT2D eigenvalue weighted by Crippen LogP contribution is 2.44. The number of rotatable bonds is 3. The summed E-state index contributed by atoms with van der Waals surface area (Å²) in [6.45, 7) is 13.0. The molecule has 0 aliphatic carbocycles. The van der Waals surface area contributed by atoms with E-state index < -0.39 is 0 Å². The highest BCUT2D eigenvalue weighted by atomic mass is 16.7. The van der Waals surface area contributed by atoms with Crippen molar-refractivity contribution in [1.29, 1.82) is 0 Å². The number of hydrogen-bond donors (Lipinski definition) is 2. The maximum Gasteiger partial charge on any atom is 0.457 e. The quantitative estimate of drug-likeness (QED) is 0.779. The average molecular weight is 350 g/mol. The molecule has 4 rings (SSSR count). The summed E-state index contributed by atoms with van der Waals surface area (Å²) < 4.78 is 12.8. The van der Waals surface area contributed by atoms with Crippen molar-refractivity contribution in [2.24, 2.45) is 5.92 Å². The van der Waals surface area contributed by atoms with Crippen molar-refractivity contribution in [3.63, 3.8) is 0 Å². The van der Waals surface area contributed by atoms with Crippen LogP contribution in [0.3, 0.4) is 0 Å². The summed E-state index contributed by atoms with van der Waals surface area (Å²) in [6, 6.07) is 12.8. The van der Waals surface area contributed by atoms with Gasteiger partial charge in [-0.1, -0.05) is 38.1 Å². The highest BCUT2D eigenvalue weighted by molar-refractivity contribution is 6.80. The summed E-state index contributed by atoms with van der Waals surface area (Å²) in [7, 11) is -0.255. The SMILES string of the molecule is CC(C)C(B1Nc2cccc3cccc(c23)N1)B1OC(C)(C)C(C)(C)O1. The van der Waals surface area contributed by atoms with Crippen molar-refractivity contribution in [2.75, 3.05) is 10.5 Å². The number of anilines is 2. The normalized spacial score (nSPS) is 21.7. The summed E-state index contributed by atoms with van der Waals surface area (Å²) in [5, 5.41) is 9.90. The second-order valence-corrected chi connectivity index (χ2v) is 8.92. The molecule has 0 saturated carbocycles. The van der Waals surface area contributed by atoms with Crippen molar-refractivity contribution in [2.45, 2.75) is 58.5 Å². The topological polar surface area (TPSA) is 42.5 Å². The van der Waals surface area contributed by atoms with Crippen LogP contribution in [0.25, 0.3) is 10.8 Å². The summed E-state index contributed by atoms with van der Waals surface area (Å²) in [5.41, 5.74) is 1.86. The molecule has 26 heavy (non-hydrogen) atoms. The van der Waals surface area contributed by atoms with Gasteiger partial charge in [-0.25, -0.2) is 0 Å². The fraction of sp³-hybridized carbons (Fsp3) is 0.500. The minimum absolute atomic E-state index is 0.0465. The van der Waals surface area contributed by atoms with Crippen molar-refractivity contribution in [1.82, 2.24) is 0 Å². The average Bonchev–Trinajstić information content (AvgIpc) is 2.75. The molecule has 2 aromatic rings. The Balaban J connectivity index is 1.68. The molecule has 0 spiro atoms. The van der Waals surface area contributed by atoms with Crippen LogP contribution in [0.15, 0.2) is 36.4 Å². The smallest absolute Gasteiger partial charge is 0.409 e. The van der Waals surface area contributed by atoms with Gasteiger partial charge in [0.15, 0.2) is 0 Å². The Hall–Kier alpha value is -1.65. The van der Waals surface area contributed by atoms with Crippen molar-refractivity contribution in [3.8, 4) is 0 Å². The van der Waals surface area contributed by atoms with Crippen molar-refractivity contribution >= 4 is 36.2 Å². The van der Waals surface area contributed by atoms with E-state index in [9.17, 15) is 0 Å². The van der Waals surface area contributed by atoms with Crippen LogP contribution < -0.4 is 10.5 Å².